The van der Waals surface area contributed by atoms with Gasteiger partial charge in [0.1, 0.15) is 11.6 Å². The van der Waals surface area contributed by atoms with Gasteiger partial charge in [-0.1, -0.05) is 46.8 Å². The van der Waals surface area contributed by atoms with Gasteiger partial charge in [0.25, 0.3) is 5.91 Å². The normalized spacial score (nSPS) is 11.0. The summed E-state index contributed by atoms with van der Waals surface area (Å²) in [4.78, 5) is 12.6. The standard InChI is InChI=1S/C19H19F2N7O/c1-27(2)25-24-18-17(19(29)22-11-13-7-4-3-5-8-13)23-26-28(18)12-14-15(20)9-6-10-16(14)21/h3-10H,11-12H2,1-2H3,(H,22,29)/b25-24+. The number of carbonyl (C=O) groups is 1. The van der Waals surface area contributed by atoms with Gasteiger partial charge in [0, 0.05) is 26.2 Å². The van der Waals surface area contributed by atoms with Crippen LogP contribution in [0.3, 0.4) is 0 Å². The maximum Gasteiger partial charge on any atom is 0.276 e. The minimum Gasteiger partial charge on any atom is -0.346 e. The Balaban J connectivity index is 1.88. The highest BCUT2D eigenvalue weighted by molar-refractivity contribution is 5.96. The molecule has 3 aromatic rings. The lowest BCUT2D eigenvalue weighted by molar-refractivity contribution is 0.0946. The summed E-state index contributed by atoms with van der Waals surface area (Å²) >= 11 is 0. The van der Waals surface area contributed by atoms with Crippen molar-refractivity contribution in [3.05, 3.63) is 77.0 Å². The van der Waals surface area contributed by atoms with Gasteiger partial charge in [0.2, 0.25) is 5.82 Å². The molecule has 1 heterocycles. The van der Waals surface area contributed by atoms with Crippen LogP contribution in [0, 0.1) is 11.6 Å². The van der Waals surface area contributed by atoms with Gasteiger partial charge in [0.15, 0.2) is 5.69 Å². The molecule has 10 heteroatoms. The highest BCUT2D eigenvalue weighted by atomic mass is 19.1. The molecule has 0 spiro atoms. The molecule has 2 aromatic carbocycles. The van der Waals surface area contributed by atoms with Gasteiger partial charge in [-0.05, 0) is 17.7 Å². The third kappa shape index (κ3) is 4.98. The molecule has 0 bridgehead atoms. The molecular formula is C19H19F2N7O. The van der Waals surface area contributed by atoms with Crippen molar-refractivity contribution in [2.24, 2.45) is 10.3 Å². The lowest BCUT2D eigenvalue weighted by atomic mass is 10.2. The highest BCUT2D eigenvalue weighted by Crippen LogP contribution is 2.21. The van der Waals surface area contributed by atoms with E-state index in [1.807, 2.05) is 30.3 Å². The average molecular weight is 399 g/mol. The minimum absolute atomic E-state index is 0.00749. The van der Waals surface area contributed by atoms with Crippen molar-refractivity contribution in [2.45, 2.75) is 13.1 Å². The second kappa shape index (κ2) is 9.00. The topological polar surface area (TPSA) is 87.8 Å². The van der Waals surface area contributed by atoms with E-state index in [0.717, 1.165) is 22.4 Å². The number of halogens is 2. The van der Waals surface area contributed by atoms with E-state index < -0.39 is 17.5 Å². The molecule has 0 saturated heterocycles. The van der Waals surface area contributed by atoms with Crippen LogP contribution in [0.2, 0.25) is 0 Å². The first-order chi connectivity index (χ1) is 14.0. The van der Waals surface area contributed by atoms with E-state index in [1.54, 1.807) is 14.1 Å². The van der Waals surface area contributed by atoms with Crippen molar-refractivity contribution in [3.63, 3.8) is 0 Å². The van der Waals surface area contributed by atoms with Crippen LogP contribution in [0.4, 0.5) is 14.6 Å². The predicted molar refractivity (Wildman–Crippen MR) is 101 cm³/mol. The molecule has 0 radical (unpaired) electrons. The number of rotatable bonds is 7. The molecule has 1 aromatic heterocycles. The van der Waals surface area contributed by atoms with Crippen molar-refractivity contribution in [2.75, 3.05) is 14.1 Å². The van der Waals surface area contributed by atoms with Gasteiger partial charge in [-0.2, -0.15) is 0 Å². The predicted octanol–water partition coefficient (Wildman–Crippen LogP) is 3.09. The van der Waals surface area contributed by atoms with E-state index in [-0.39, 0.29) is 30.2 Å². The molecule has 1 N–H and O–H groups in total. The van der Waals surface area contributed by atoms with Gasteiger partial charge in [-0.15, -0.1) is 10.2 Å². The first-order valence-corrected chi connectivity index (χ1v) is 8.73. The fourth-order valence-corrected chi connectivity index (χ4v) is 2.49. The Morgan fingerprint density at radius 1 is 1.10 bits per heavy atom. The van der Waals surface area contributed by atoms with Crippen LogP contribution >= 0.6 is 0 Å². The molecule has 0 atom stereocenters. The van der Waals surface area contributed by atoms with Crippen LogP contribution in [-0.2, 0) is 13.1 Å². The number of benzene rings is 2. The molecule has 29 heavy (non-hydrogen) atoms. The first kappa shape index (κ1) is 20.1. The number of carbonyl (C=O) groups excluding carboxylic acids is 1. The summed E-state index contributed by atoms with van der Waals surface area (Å²) in [6.45, 7) is -0.0159. The van der Waals surface area contributed by atoms with Crippen molar-refractivity contribution < 1.29 is 13.6 Å². The first-order valence-electron chi connectivity index (χ1n) is 8.73. The van der Waals surface area contributed by atoms with Crippen LogP contribution in [-0.4, -0.2) is 40.0 Å². The third-order valence-corrected chi connectivity index (χ3v) is 3.91. The second-order valence-corrected chi connectivity index (χ2v) is 6.32. The largest absolute Gasteiger partial charge is 0.346 e. The van der Waals surface area contributed by atoms with E-state index in [4.69, 9.17) is 0 Å². The molecule has 150 valence electrons. The zero-order valence-electron chi connectivity index (χ0n) is 15.9. The zero-order valence-corrected chi connectivity index (χ0v) is 15.9. The van der Waals surface area contributed by atoms with E-state index in [1.165, 1.54) is 11.1 Å². The number of aromatic nitrogens is 3. The smallest absolute Gasteiger partial charge is 0.276 e. The van der Waals surface area contributed by atoms with Gasteiger partial charge in [-0.25, -0.2) is 13.5 Å². The molecular weight excluding hydrogens is 380 g/mol. The molecule has 0 fully saturated rings. The Morgan fingerprint density at radius 3 is 2.45 bits per heavy atom. The molecule has 0 unspecified atom stereocenters. The monoisotopic (exact) mass is 399 g/mol. The zero-order chi connectivity index (χ0) is 20.8. The molecule has 3 rings (SSSR count). The third-order valence-electron chi connectivity index (χ3n) is 3.91. The Hall–Kier alpha value is -3.69. The maximum absolute atomic E-state index is 14.0. The Morgan fingerprint density at radius 2 is 1.79 bits per heavy atom. The molecule has 0 aliphatic rings. The highest BCUT2D eigenvalue weighted by Gasteiger charge is 2.22. The van der Waals surface area contributed by atoms with Crippen LogP contribution in [0.15, 0.2) is 58.9 Å². The van der Waals surface area contributed by atoms with E-state index in [2.05, 4.69) is 26.0 Å². The Kier molecular flexibility index (Phi) is 6.22. The van der Waals surface area contributed by atoms with Crippen molar-refractivity contribution in [1.82, 2.24) is 25.3 Å². The Bertz CT molecular complexity index is 998. The van der Waals surface area contributed by atoms with Gasteiger partial charge in [-0.3, -0.25) is 9.80 Å². The molecule has 0 aliphatic carbocycles. The van der Waals surface area contributed by atoms with E-state index in [0.29, 0.717) is 0 Å². The van der Waals surface area contributed by atoms with Crippen molar-refractivity contribution >= 4 is 11.7 Å². The van der Waals surface area contributed by atoms with E-state index >= 15 is 0 Å². The number of amides is 1. The van der Waals surface area contributed by atoms with Gasteiger partial charge in [0.05, 0.1) is 6.54 Å². The number of nitrogens with zero attached hydrogens (tertiary/aromatic N) is 6. The fourth-order valence-electron chi connectivity index (χ4n) is 2.49. The molecule has 8 nitrogen and oxygen atoms in total. The quantitative estimate of drug-likeness (QED) is 0.489. The minimum atomic E-state index is -0.730. The lowest BCUT2D eigenvalue weighted by Gasteiger charge is -2.07. The summed E-state index contributed by atoms with van der Waals surface area (Å²) in [5, 5.41) is 19.7. The lowest BCUT2D eigenvalue weighted by Crippen LogP contribution is -2.23. The average Bonchev–Trinajstić information content (AvgIpc) is 3.11. The van der Waals surface area contributed by atoms with Crippen LogP contribution in [0.1, 0.15) is 21.6 Å². The number of nitrogens with one attached hydrogen (secondary N) is 1. The number of hydrogen-bond acceptors (Lipinski definition) is 5. The van der Waals surface area contributed by atoms with Crippen molar-refractivity contribution in [1.29, 1.82) is 0 Å². The van der Waals surface area contributed by atoms with Crippen molar-refractivity contribution in [3.8, 4) is 0 Å². The Labute approximate surface area is 165 Å². The second-order valence-electron chi connectivity index (χ2n) is 6.32. The SMILES string of the molecule is CN(C)/N=N/c1c(C(=O)NCc2ccccc2)nnn1Cc1c(F)cccc1F. The summed E-state index contributed by atoms with van der Waals surface area (Å²) < 4.78 is 29.2. The molecule has 0 aliphatic heterocycles. The van der Waals surface area contributed by atoms with Crippen LogP contribution < -0.4 is 5.32 Å². The summed E-state index contributed by atoms with van der Waals surface area (Å²) in [5.41, 5.74) is 0.594. The molecule has 0 saturated carbocycles. The van der Waals surface area contributed by atoms with Gasteiger partial charge < -0.3 is 5.32 Å². The maximum atomic E-state index is 14.0. The number of hydrogen-bond donors (Lipinski definition) is 1. The summed E-state index contributed by atoms with van der Waals surface area (Å²) in [7, 11) is 3.28. The van der Waals surface area contributed by atoms with E-state index in [9.17, 15) is 13.6 Å². The summed E-state index contributed by atoms with van der Waals surface area (Å²) in [5.74, 6) is -1.99. The van der Waals surface area contributed by atoms with Crippen LogP contribution in [0.5, 0.6) is 0 Å². The van der Waals surface area contributed by atoms with Crippen LogP contribution in [0.25, 0.3) is 0 Å². The van der Waals surface area contributed by atoms with Gasteiger partial charge >= 0.3 is 0 Å². The summed E-state index contributed by atoms with van der Waals surface area (Å²) in [6, 6.07) is 12.9. The molecule has 1 amide bonds. The summed E-state index contributed by atoms with van der Waals surface area (Å²) in [6.07, 6.45) is 0. The fraction of sp³-hybridized carbons (Fsp3) is 0.211.